The van der Waals surface area contributed by atoms with E-state index < -0.39 is 0 Å². The van der Waals surface area contributed by atoms with Gasteiger partial charge in [-0.3, -0.25) is 9.69 Å². The van der Waals surface area contributed by atoms with Crippen LogP contribution < -0.4 is 5.32 Å². The molecular formula is C17H26N2O4. The number of piperidine rings is 1. The fraction of sp³-hybridized carbons (Fsp3) is 0.706. The summed E-state index contributed by atoms with van der Waals surface area (Å²) in [5.41, 5.74) is 0. The fourth-order valence-corrected chi connectivity index (χ4v) is 3.57. The molecule has 1 aromatic heterocycles. The molecule has 23 heavy (non-hydrogen) atoms. The second-order valence-electron chi connectivity index (χ2n) is 6.45. The van der Waals surface area contributed by atoms with Crippen molar-refractivity contribution in [3.63, 3.8) is 0 Å². The summed E-state index contributed by atoms with van der Waals surface area (Å²) < 4.78 is 16.4. The van der Waals surface area contributed by atoms with Crippen LogP contribution in [0.5, 0.6) is 0 Å². The molecule has 2 saturated heterocycles. The number of hydrogen-bond donors (Lipinski definition) is 1. The van der Waals surface area contributed by atoms with E-state index in [4.69, 9.17) is 13.9 Å². The first-order valence-electron chi connectivity index (χ1n) is 8.39. The van der Waals surface area contributed by atoms with E-state index in [2.05, 4.69) is 10.2 Å². The van der Waals surface area contributed by atoms with Gasteiger partial charge in [-0.2, -0.15) is 0 Å². The molecule has 3 rings (SSSR count). The Morgan fingerprint density at radius 2 is 2.43 bits per heavy atom. The second-order valence-corrected chi connectivity index (χ2v) is 6.45. The van der Waals surface area contributed by atoms with E-state index in [9.17, 15) is 4.79 Å². The Morgan fingerprint density at radius 3 is 3.22 bits per heavy atom. The maximum absolute atomic E-state index is 12.2. The van der Waals surface area contributed by atoms with Gasteiger partial charge in [0.15, 0.2) is 0 Å². The van der Waals surface area contributed by atoms with Crippen LogP contribution in [-0.4, -0.2) is 56.9 Å². The molecule has 0 unspecified atom stereocenters. The normalized spacial score (nSPS) is 28.3. The molecule has 0 spiro atoms. The SMILES string of the molecule is COCCNC(=O)[C@H]1CO[C@H]2CCN(Cc3ccco3)C[C@H]2C1. The predicted octanol–water partition coefficient (Wildman–Crippen LogP) is 1.27. The molecule has 0 saturated carbocycles. The topological polar surface area (TPSA) is 63.9 Å². The molecule has 6 heteroatoms. The number of likely N-dealkylation sites (tertiary alicyclic amines) is 1. The number of nitrogens with zero attached hydrogens (tertiary/aromatic N) is 1. The van der Waals surface area contributed by atoms with E-state index in [1.54, 1.807) is 13.4 Å². The van der Waals surface area contributed by atoms with Gasteiger partial charge in [0.2, 0.25) is 5.91 Å². The van der Waals surface area contributed by atoms with Crippen molar-refractivity contribution in [2.75, 3.05) is 40.0 Å². The Morgan fingerprint density at radius 1 is 1.52 bits per heavy atom. The molecule has 2 fully saturated rings. The van der Waals surface area contributed by atoms with Gasteiger partial charge in [-0.25, -0.2) is 0 Å². The quantitative estimate of drug-likeness (QED) is 0.799. The molecule has 2 aliphatic heterocycles. The van der Waals surface area contributed by atoms with Crippen LogP contribution >= 0.6 is 0 Å². The van der Waals surface area contributed by atoms with Gasteiger partial charge in [0, 0.05) is 26.7 Å². The van der Waals surface area contributed by atoms with Gasteiger partial charge >= 0.3 is 0 Å². The number of carbonyl (C=O) groups excluding carboxylic acids is 1. The van der Waals surface area contributed by atoms with Crippen LogP contribution in [-0.2, 0) is 20.8 Å². The van der Waals surface area contributed by atoms with Crippen molar-refractivity contribution >= 4 is 5.91 Å². The van der Waals surface area contributed by atoms with Gasteiger partial charge in [0.05, 0.1) is 38.0 Å². The number of hydrogen-bond acceptors (Lipinski definition) is 5. The fourth-order valence-electron chi connectivity index (χ4n) is 3.57. The molecule has 0 radical (unpaired) electrons. The predicted molar refractivity (Wildman–Crippen MR) is 84.8 cm³/mol. The van der Waals surface area contributed by atoms with E-state index >= 15 is 0 Å². The monoisotopic (exact) mass is 322 g/mol. The van der Waals surface area contributed by atoms with Crippen molar-refractivity contribution in [2.24, 2.45) is 11.8 Å². The lowest BCUT2D eigenvalue weighted by Crippen LogP contribution is -2.50. The third-order valence-corrected chi connectivity index (χ3v) is 4.78. The minimum Gasteiger partial charge on any atom is -0.468 e. The molecule has 128 valence electrons. The minimum absolute atomic E-state index is 0.0448. The van der Waals surface area contributed by atoms with Crippen LogP contribution in [0.2, 0.25) is 0 Å². The average Bonchev–Trinajstić information content (AvgIpc) is 3.07. The zero-order valence-corrected chi connectivity index (χ0v) is 13.7. The van der Waals surface area contributed by atoms with E-state index in [-0.39, 0.29) is 11.8 Å². The van der Waals surface area contributed by atoms with Crippen LogP contribution in [0.3, 0.4) is 0 Å². The highest BCUT2D eigenvalue weighted by Gasteiger charge is 2.38. The molecular weight excluding hydrogens is 296 g/mol. The van der Waals surface area contributed by atoms with E-state index in [0.29, 0.717) is 31.8 Å². The van der Waals surface area contributed by atoms with Crippen molar-refractivity contribution in [2.45, 2.75) is 25.5 Å². The maximum atomic E-state index is 12.2. The Hall–Kier alpha value is -1.37. The lowest BCUT2D eigenvalue weighted by atomic mass is 9.83. The summed E-state index contributed by atoms with van der Waals surface area (Å²) in [4.78, 5) is 14.6. The summed E-state index contributed by atoms with van der Waals surface area (Å²) in [5, 5.41) is 2.92. The number of methoxy groups -OCH3 is 1. The highest BCUT2D eigenvalue weighted by atomic mass is 16.5. The Balaban J connectivity index is 1.50. The number of amides is 1. The van der Waals surface area contributed by atoms with E-state index in [0.717, 1.165) is 38.2 Å². The van der Waals surface area contributed by atoms with E-state index in [1.165, 1.54) is 0 Å². The number of rotatable bonds is 6. The lowest BCUT2D eigenvalue weighted by Gasteiger charge is -2.42. The molecule has 2 aliphatic rings. The van der Waals surface area contributed by atoms with Crippen LogP contribution in [0, 0.1) is 11.8 Å². The summed E-state index contributed by atoms with van der Waals surface area (Å²) in [5.74, 6) is 1.46. The highest BCUT2D eigenvalue weighted by Crippen LogP contribution is 2.32. The van der Waals surface area contributed by atoms with Gasteiger partial charge in [-0.1, -0.05) is 0 Å². The molecule has 1 amide bonds. The van der Waals surface area contributed by atoms with Crippen LogP contribution in [0.1, 0.15) is 18.6 Å². The number of ether oxygens (including phenoxy) is 2. The van der Waals surface area contributed by atoms with E-state index in [1.807, 2.05) is 12.1 Å². The van der Waals surface area contributed by atoms with Crippen molar-refractivity contribution in [1.29, 1.82) is 0 Å². The smallest absolute Gasteiger partial charge is 0.225 e. The van der Waals surface area contributed by atoms with Crippen LogP contribution in [0.4, 0.5) is 0 Å². The van der Waals surface area contributed by atoms with Crippen molar-refractivity contribution < 1.29 is 18.7 Å². The maximum Gasteiger partial charge on any atom is 0.225 e. The average molecular weight is 322 g/mol. The molecule has 3 heterocycles. The first kappa shape index (κ1) is 16.5. The van der Waals surface area contributed by atoms with Gasteiger partial charge in [-0.15, -0.1) is 0 Å². The Bertz CT molecular complexity index is 491. The van der Waals surface area contributed by atoms with Crippen molar-refractivity contribution in [3.8, 4) is 0 Å². The number of furan rings is 1. The third-order valence-electron chi connectivity index (χ3n) is 4.78. The third kappa shape index (κ3) is 4.34. The minimum atomic E-state index is -0.0448. The summed E-state index contributed by atoms with van der Waals surface area (Å²) >= 11 is 0. The standard InChI is InChI=1S/C17H26N2O4/c1-21-8-5-18-17(20)14-9-13-10-19(6-4-16(13)23-12-14)11-15-3-2-7-22-15/h2-3,7,13-14,16H,4-6,8-12H2,1H3,(H,18,20)/t13-,14-,16+/m1/s1. The lowest BCUT2D eigenvalue weighted by molar-refractivity contribution is -0.139. The zero-order valence-electron chi connectivity index (χ0n) is 13.7. The first-order valence-corrected chi connectivity index (χ1v) is 8.39. The molecule has 1 N–H and O–H groups in total. The second kappa shape index (κ2) is 7.95. The summed E-state index contributed by atoms with van der Waals surface area (Å²) in [6, 6.07) is 3.93. The number of fused-ring (bicyclic) bond motifs is 1. The molecule has 3 atom stereocenters. The number of nitrogens with one attached hydrogen (secondary N) is 1. The first-order chi connectivity index (χ1) is 11.3. The Kier molecular flexibility index (Phi) is 5.70. The van der Waals surface area contributed by atoms with Gasteiger partial charge in [0.1, 0.15) is 5.76 Å². The van der Waals surface area contributed by atoms with Gasteiger partial charge < -0.3 is 19.2 Å². The molecule has 0 bridgehead atoms. The molecule has 0 aliphatic carbocycles. The van der Waals surface area contributed by atoms with Gasteiger partial charge in [-0.05, 0) is 30.9 Å². The number of carbonyl (C=O) groups is 1. The van der Waals surface area contributed by atoms with Crippen molar-refractivity contribution in [1.82, 2.24) is 10.2 Å². The highest BCUT2D eigenvalue weighted by molar-refractivity contribution is 5.78. The molecule has 0 aromatic carbocycles. The zero-order chi connectivity index (χ0) is 16.1. The van der Waals surface area contributed by atoms with Crippen molar-refractivity contribution in [3.05, 3.63) is 24.2 Å². The van der Waals surface area contributed by atoms with Crippen LogP contribution in [0.15, 0.2) is 22.8 Å². The van der Waals surface area contributed by atoms with Crippen LogP contribution in [0.25, 0.3) is 0 Å². The Labute approximate surface area is 137 Å². The summed E-state index contributed by atoms with van der Waals surface area (Å²) in [6.07, 6.45) is 3.94. The largest absolute Gasteiger partial charge is 0.468 e. The summed E-state index contributed by atoms with van der Waals surface area (Å²) in [7, 11) is 1.64. The molecule has 1 aromatic rings. The summed E-state index contributed by atoms with van der Waals surface area (Å²) in [6.45, 7) is 4.46. The van der Waals surface area contributed by atoms with Gasteiger partial charge in [0.25, 0.3) is 0 Å². The molecule has 6 nitrogen and oxygen atoms in total.